The van der Waals surface area contributed by atoms with Gasteiger partial charge in [-0.2, -0.15) is 5.10 Å². The average molecular weight is 463 g/mol. The van der Waals surface area contributed by atoms with Gasteiger partial charge in [-0.1, -0.05) is 6.92 Å². The molecule has 0 fully saturated rings. The number of carbonyl (C=O) groups is 1. The summed E-state index contributed by atoms with van der Waals surface area (Å²) in [5, 5.41) is 8.19. The van der Waals surface area contributed by atoms with E-state index in [0.717, 1.165) is 11.4 Å². The lowest BCUT2D eigenvalue weighted by Crippen LogP contribution is -2.29. The molecule has 1 amide bonds. The number of carbonyl (C=O) groups excluding carboxylic acids is 1. The summed E-state index contributed by atoms with van der Waals surface area (Å²) < 4.78 is 20.1. The van der Waals surface area contributed by atoms with E-state index in [2.05, 4.69) is 20.4 Å². The zero-order valence-corrected chi connectivity index (χ0v) is 19.4. The lowest BCUT2D eigenvalue weighted by molar-refractivity contribution is 0.0937. The molecule has 0 radical (unpaired) electrons. The second kappa shape index (κ2) is 10.4. The largest absolute Gasteiger partial charge is 0.383 e. The molecule has 0 bridgehead atoms. The van der Waals surface area contributed by atoms with E-state index in [9.17, 15) is 9.18 Å². The predicted octanol–water partition coefficient (Wildman–Crippen LogP) is 3.92. The van der Waals surface area contributed by atoms with Crippen LogP contribution in [0.5, 0.6) is 0 Å². The molecule has 0 saturated heterocycles. The number of likely N-dealkylation sites (N-methyl/N-ethyl adjacent to an activating group) is 1. The fourth-order valence-electron chi connectivity index (χ4n) is 3.77. The van der Waals surface area contributed by atoms with Gasteiger partial charge in [0.25, 0.3) is 5.91 Å². The number of hydrogen-bond donors (Lipinski definition) is 1. The number of anilines is 1. The lowest BCUT2D eigenvalue weighted by Gasteiger charge is -2.21. The van der Waals surface area contributed by atoms with Crippen molar-refractivity contribution in [2.75, 3.05) is 32.2 Å². The quantitative estimate of drug-likeness (QED) is 0.406. The van der Waals surface area contributed by atoms with Crippen LogP contribution in [0.1, 0.15) is 35.3 Å². The molecular formula is C25H27FN6O2. The minimum absolute atomic E-state index is 0.201. The van der Waals surface area contributed by atoms with Crippen LogP contribution in [-0.4, -0.2) is 53.0 Å². The Bertz CT molecular complexity index is 1270. The molecule has 0 aliphatic heterocycles. The first-order chi connectivity index (χ1) is 16.5. The molecule has 0 aliphatic carbocycles. The molecule has 8 nitrogen and oxygen atoms in total. The van der Waals surface area contributed by atoms with E-state index >= 15 is 0 Å². The maximum atomic E-state index is 13.3. The van der Waals surface area contributed by atoms with Crippen molar-refractivity contribution >= 4 is 22.6 Å². The van der Waals surface area contributed by atoms with Gasteiger partial charge < -0.3 is 15.0 Å². The zero-order valence-electron chi connectivity index (χ0n) is 19.4. The first-order valence-corrected chi connectivity index (χ1v) is 11.1. The van der Waals surface area contributed by atoms with Crippen LogP contribution < -0.4 is 10.2 Å². The van der Waals surface area contributed by atoms with Crippen LogP contribution >= 0.6 is 0 Å². The minimum atomic E-state index is -0.326. The molecule has 1 atom stereocenters. The Morgan fingerprint density at radius 3 is 2.74 bits per heavy atom. The third-order valence-corrected chi connectivity index (χ3v) is 5.72. The molecule has 0 saturated carbocycles. The van der Waals surface area contributed by atoms with Crippen LogP contribution in [-0.2, 0) is 4.74 Å². The summed E-state index contributed by atoms with van der Waals surface area (Å²) in [6, 6.07) is 9.69. The van der Waals surface area contributed by atoms with Crippen molar-refractivity contribution in [3.8, 4) is 5.69 Å². The van der Waals surface area contributed by atoms with Crippen molar-refractivity contribution in [1.82, 2.24) is 25.1 Å². The number of benzene rings is 1. The van der Waals surface area contributed by atoms with Gasteiger partial charge in [-0.25, -0.2) is 14.1 Å². The maximum Gasteiger partial charge on any atom is 0.254 e. The maximum absolute atomic E-state index is 13.3. The van der Waals surface area contributed by atoms with Crippen LogP contribution in [0, 0.1) is 5.82 Å². The van der Waals surface area contributed by atoms with Crippen LogP contribution in [0.3, 0.4) is 0 Å². The normalized spacial score (nSPS) is 12.0. The van der Waals surface area contributed by atoms with Crippen LogP contribution in [0.25, 0.3) is 16.6 Å². The number of nitrogens with zero attached hydrogens (tertiary/aromatic N) is 5. The first kappa shape index (κ1) is 23.3. The Morgan fingerprint density at radius 1 is 1.21 bits per heavy atom. The molecular weight excluding hydrogens is 435 g/mol. The van der Waals surface area contributed by atoms with Crippen molar-refractivity contribution in [2.45, 2.75) is 19.4 Å². The predicted molar refractivity (Wildman–Crippen MR) is 129 cm³/mol. The highest BCUT2D eigenvalue weighted by molar-refractivity contribution is 6.06. The second-order valence-electron chi connectivity index (χ2n) is 7.95. The number of methoxy groups -OCH3 is 1. The van der Waals surface area contributed by atoms with E-state index in [1.54, 1.807) is 42.5 Å². The summed E-state index contributed by atoms with van der Waals surface area (Å²) >= 11 is 0. The average Bonchev–Trinajstić information content (AvgIpc) is 3.30. The number of aromatic nitrogens is 4. The van der Waals surface area contributed by atoms with Crippen LogP contribution in [0.15, 0.2) is 61.2 Å². The van der Waals surface area contributed by atoms with E-state index in [1.165, 1.54) is 18.3 Å². The fourth-order valence-corrected chi connectivity index (χ4v) is 3.77. The number of rotatable bonds is 9. The second-order valence-corrected chi connectivity index (χ2v) is 7.95. The smallest absolute Gasteiger partial charge is 0.254 e. The molecule has 1 N–H and O–H groups in total. The van der Waals surface area contributed by atoms with Gasteiger partial charge >= 0.3 is 0 Å². The fraction of sp³-hybridized carbons (Fsp3) is 0.280. The van der Waals surface area contributed by atoms with E-state index in [0.29, 0.717) is 41.7 Å². The Hall–Kier alpha value is -3.85. The Labute approximate surface area is 197 Å². The highest BCUT2D eigenvalue weighted by atomic mass is 19.1. The van der Waals surface area contributed by atoms with Gasteiger partial charge in [0.05, 0.1) is 41.8 Å². The minimum Gasteiger partial charge on any atom is -0.383 e. The molecule has 9 heteroatoms. The van der Waals surface area contributed by atoms with Crippen molar-refractivity contribution in [2.24, 2.45) is 0 Å². The Balaban J connectivity index is 1.58. The zero-order chi connectivity index (χ0) is 24.1. The number of pyridine rings is 2. The van der Waals surface area contributed by atoms with Crippen LogP contribution in [0.4, 0.5) is 10.2 Å². The highest BCUT2D eigenvalue weighted by Gasteiger charge is 2.19. The standard InChI is InChI=1S/C25H27FN6O2/c1-4-22(17-9-10-28-24(13-17)31(2)11-12-34-3)30-25(33)21-14-27-16-23-20(21)15-29-32(23)19-7-5-18(26)6-8-19/h5-10,13-16,22H,4,11-12H2,1-3H3,(H,30,33). The molecule has 1 aromatic carbocycles. The first-order valence-electron chi connectivity index (χ1n) is 11.1. The van der Waals surface area contributed by atoms with Crippen molar-refractivity contribution in [3.05, 3.63) is 78.1 Å². The lowest BCUT2D eigenvalue weighted by atomic mass is 10.0. The van der Waals surface area contributed by atoms with Gasteiger partial charge in [-0.3, -0.25) is 9.78 Å². The van der Waals surface area contributed by atoms with Gasteiger partial charge in [-0.15, -0.1) is 0 Å². The summed E-state index contributed by atoms with van der Waals surface area (Å²) in [5.74, 6) is 0.245. The van der Waals surface area contributed by atoms with Gasteiger partial charge in [0.15, 0.2) is 0 Å². The van der Waals surface area contributed by atoms with Gasteiger partial charge in [0.2, 0.25) is 0 Å². The van der Waals surface area contributed by atoms with Crippen LogP contribution in [0.2, 0.25) is 0 Å². The van der Waals surface area contributed by atoms with Gasteiger partial charge in [0, 0.05) is 38.5 Å². The highest BCUT2D eigenvalue weighted by Crippen LogP contribution is 2.24. The van der Waals surface area contributed by atoms with E-state index in [-0.39, 0.29) is 17.8 Å². The number of halogens is 1. The molecule has 3 heterocycles. The molecule has 3 aromatic heterocycles. The molecule has 0 aliphatic rings. The number of hydrogen-bond acceptors (Lipinski definition) is 6. The Kier molecular flexibility index (Phi) is 7.12. The number of fused-ring (bicyclic) bond motifs is 1. The summed E-state index contributed by atoms with van der Waals surface area (Å²) in [5.41, 5.74) is 2.74. The monoisotopic (exact) mass is 462 g/mol. The van der Waals surface area contributed by atoms with E-state index in [1.807, 2.05) is 31.0 Å². The van der Waals surface area contributed by atoms with Crippen molar-refractivity contribution in [1.29, 1.82) is 0 Å². The molecule has 4 aromatic rings. The molecule has 176 valence electrons. The number of ether oxygens (including phenoxy) is 1. The van der Waals surface area contributed by atoms with Crippen molar-refractivity contribution in [3.63, 3.8) is 0 Å². The van der Waals surface area contributed by atoms with Gasteiger partial charge in [0.1, 0.15) is 11.6 Å². The Morgan fingerprint density at radius 2 is 2.00 bits per heavy atom. The summed E-state index contributed by atoms with van der Waals surface area (Å²) in [6.45, 7) is 3.33. The molecule has 1 unspecified atom stereocenters. The summed E-state index contributed by atoms with van der Waals surface area (Å²) in [4.78, 5) is 24.0. The molecule has 34 heavy (non-hydrogen) atoms. The van der Waals surface area contributed by atoms with E-state index in [4.69, 9.17) is 4.74 Å². The number of nitrogens with one attached hydrogen (secondary N) is 1. The van der Waals surface area contributed by atoms with Gasteiger partial charge in [-0.05, 0) is 48.4 Å². The number of amides is 1. The topological polar surface area (TPSA) is 85.2 Å². The summed E-state index contributed by atoms with van der Waals surface area (Å²) in [6.07, 6.45) is 7.26. The van der Waals surface area contributed by atoms with Crippen molar-refractivity contribution < 1.29 is 13.9 Å². The summed E-state index contributed by atoms with van der Waals surface area (Å²) in [7, 11) is 3.62. The third kappa shape index (κ3) is 4.89. The SMILES string of the molecule is CCC(NC(=O)c1cncc2c1cnn2-c1ccc(F)cc1)c1ccnc(N(C)CCOC)c1. The molecule has 4 rings (SSSR count). The molecule has 0 spiro atoms. The van der Waals surface area contributed by atoms with E-state index < -0.39 is 0 Å². The third-order valence-electron chi connectivity index (χ3n) is 5.72.